The topological polar surface area (TPSA) is 30.9 Å². The first kappa shape index (κ1) is 17.5. The fourth-order valence-corrected chi connectivity index (χ4v) is 3.54. The van der Waals surface area contributed by atoms with Gasteiger partial charge in [-0.05, 0) is 43.1 Å². The Balaban J connectivity index is 1.88. The van der Waals surface area contributed by atoms with Crippen LogP contribution in [0.3, 0.4) is 0 Å². The lowest BCUT2D eigenvalue weighted by molar-refractivity contribution is 0.243. The van der Waals surface area contributed by atoms with E-state index >= 15 is 0 Å². The summed E-state index contributed by atoms with van der Waals surface area (Å²) >= 11 is 0. The minimum atomic E-state index is -0.187. The molecule has 4 nitrogen and oxygen atoms in total. The van der Waals surface area contributed by atoms with Gasteiger partial charge < -0.3 is 14.2 Å². The number of halogens is 1. The van der Waals surface area contributed by atoms with Crippen LogP contribution in [0.1, 0.15) is 30.0 Å². The average Bonchev–Trinajstić information content (AvgIpc) is 3.09. The zero-order valence-corrected chi connectivity index (χ0v) is 14.9. The van der Waals surface area contributed by atoms with Crippen molar-refractivity contribution >= 4 is 0 Å². The van der Waals surface area contributed by atoms with E-state index in [0.717, 1.165) is 36.3 Å². The van der Waals surface area contributed by atoms with Gasteiger partial charge >= 0.3 is 0 Å². The summed E-state index contributed by atoms with van der Waals surface area (Å²) in [5, 5.41) is 0. The summed E-state index contributed by atoms with van der Waals surface area (Å²) in [5.74, 6) is 1.90. The second kappa shape index (κ2) is 7.74. The zero-order chi connectivity index (χ0) is 17.8. The molecule has 0 aliphatic carbocycles. The van der Waals surface area contributed by atoms with E-state index in [9.17, 15) is 4.39 Å². The maximum Gasteiger partial charge on any atom is 0.164 e. The largest absolute Gasteiger partial charge is 0.496 e. The van der Waals surface area contributed by atoms with Gasteiger partial charge in [0.05, 0.1) is 21.3 Å². The van der Waals surface area contributed by atoms with E-state index in [1.807, 2.05) is 18.2 Å². The molecule has 25 heavy (non-hydrogen) atoms. The summed E-state index contributed by atoms with van der Waals surface area (Å²) < 4.78 is 29.9. The molecule has 0 saturated carbocycles. The summed E-state index contributed by atoms with van der Waals surface area (Å²) in [4.78, 5) is 2.36. The van der Waals surface area contributed by atoms with E-state index in [1.54, 1.807) is 33.5 Å². The highest BCUT2D eigenvalue weighted by atomic mass is 19.1. The van der Waals surface area contributed by atoms with Crippen LogP contribution in [0.15, 0.2) is 36.4 Å². The van der Waals surface area contributed by atoms with E-state index in [1.165, 1.54) is 6.07 Å². The lowest BCUT2D eigenvalue weighted by Crippen LogP contribution is -2.23. The minimum Gasteiger partial charge on any atom is -0.496 e. The summed E-state index contributed by atoms with van der Waals surface area (Å²) in [6, 6.07) is 10.9. The van der Waals surface area contributed by atoms with Gasteiger partial charge in [-0.1, -0.05) is 12.1 Å². The van der Waals surface area contributed by atoms with Crippen LogP contribution in [0.25, 0.3) is 0 Å². The number of likely N-dealkylation sites (tertiary alicyclic amines) is 1. The summed E-state index contributed by atoms with van der Waals surface area (Å²) in [6.07, 6.45) is 2.12. The smallest absolute Gasteiger partial charge is 0.164 e. The zero-order valence-electron chi connectivity index (χ0n) is 14.9. The molecule has 134 valence electrons. The van der Waals surface area contributed by atoms with Gasteiger partial charge in [0.1, 0.15) is 11.6 Å². The highest BCUT2D eigenvalue weighted by molar-refractivity contribution is 5.50. The Hall–Kier alpha value is -2.27. The van der Waals surface area contributed by atoms with Gasteiger partial charge in [-0.15, -0.1) is 0 Å². The van der Waals surface area contributed by atoms with E-state index < -0.39 is 0 Å². The third kappa shape index (κ3) is 3.71. The molecule has 0 N–H and O–H groups in total. The standard InChI is InChI=1S/C20H24FNO3/c1-23-18-12-20(25-3)19(24-2)11-15(18)13-22-9-5-8-17(22)14-6-4-7-16(21)10-14/h4,6-7,10-12,17H,5,8-9,13H2,1-3H3/t17-/m1/s1. The van der Waals surface area contributed by atoms with Crippen molar-refractivity contribution < 1.29 is 18.6 Å². The maximum absolute atomic E-state index is 13.6. The number of benzene rings is 2. The van der Waals surface area contributed by atoms with Crippen molar-refractivity contribution in [2.75, 3.05) is 27.9 Å². The first-order valence-corrected chi connectivity index (χ1v) is 8.44. The monoisotopic (exact) mass is 345 g/mol. The lowest BCUT2D eigenvalue weighted by Gasteiger charge is -2.26. The quantitative estimate of drug-likeness (QED) is 0.785. The van der Waals surface area contributed by atoms with Crippen molar-refractivity contribution in [1.82, 2.24) is 4.90 Å². The Kier molecular flexibility index (Phi) is 5.43. The SMILES string of the molecule is COc1cc(OC)c(OC)cc1CN1CCC[C@@H]1c1cccc(F)c1. The average molecular weight is 345 g/mol. The Morgan fingerprint density at radius 1 is 1.00 bits per heavy atom. The number of ether oxygens (including phenoxy) is 3. The second-order valence-electron chi connectivity index (χ2n) is 6.20. The maximum atomic E-state index is 13.6. The van der Waals surface area contributed by atoms with E-state index in [-0.39, 0.29) is 11.9 Å². The fourth-order valence-electron chi connectivity index (χ4n) is 3.54. The summed E-state index contributed by atoms with van der Waals surface area (Å²) in [5.41, 5.74) is 2.06. The van der Waals surface area contributed by atoms with Gasteiger partial charge in [0.2, 0.25) is 0 Å². The van der Waals surface area contributed by atoms with Crippen LogP contribution in [0.4, 0.5) is 4.39 Å². The van der Waals surface area contributed by atoms with Crippen LogP contribution in [-0.4, -0.2) is 32.8 Å². The summed E-state index contributed by atoms with van der Waals surface area (Å²) in [7, 11) is 4.88. The number of methoxy groups -OCH3 is 3. The number of rotatable bonds is 6. The second-order valence-corrected chi connectivity index (χ2v) is 6.20. The van der Waals surface area contributed by atoms with Gasteiger partial charge in [0.25, 0.3) is 0 Å². The molecular formula is C20H24FNO3. The molecule has 1 fully saturated rings. The molecule has 0 radical (unpaired) electrons. The van der Waals surface area contributed by atoms with Crippen molar-refractivity contribution in [3.8, 4) is 17.2 Å². The molecule has 0 aromatic heterocycles. The van der Waals surface area contributed by atoms with E-state index in [0.29, 0.717) is 18.0 Å². The molecule has 0 amide bonds. The van der Waals surface area contributed by atoms with Crippen molar-refractivity contribution in [1.29, 1.82) is 0 Å². The van der Waals surface area contributed by atoms with Gasteiger partial charge in [-0.3, -0.25) is 4.90 Å². The van der Waals surface area contributed by atoms with Gasteiger partial charge in [-0.2, -0.15) is 0 Å². The number of hydrogen-bond donors (Lipinski definition) is 0. The van der Waals surface area contributed by atoms with Crippen LogP contribution in [-0.2, 0) is 6.54 Å². The predicted molar refractivity (Wildman–Crippen MR) is 94.9 cm³/mol. The molecule has 1 aliphatic rings. The van der Waals surface area contributed by atoms with Crippen LogP contribution >= 0.6 is 0 Å². The third-order valence-electron chi connectivity index (χ3n) is 4.76. The molecule has 1 heterocycles. The van der Waals surface area contributed by atoms with Crippen molar-refractivity contribution in [3.05, 3.63) is 53.3 Å². The predicted octanol–water partition coefficient (Wildman–Crippen LogP) is 4.19. The van der Waals surface area contributed by atoms with Crippen LogP contribution in [0.2, 0.25) is 0 Å². The van der Waals surface area contributed by atoms with Gasteiger partial charge in [-0.25, -0.2) is 4.39 Å². The first-order valence-electron chi connectivity index (χ1n) is 8.44. The number of hydrogen-bond acceptors (Lipinski definition) is 4. The normalized spacial score (nSPS) is 17.5. The van der Waals surface area contributed by atoms with Crippen molar-refractivity contribution in [3.63, 3.8) is 0 Å². The van der Waals surface area contributed by atoms with Gasteiger partial charge in [0, 0.05) is 24.2 Å². The molecule has 5 heteroatoms. The fraction of sp³-hybridized carbons (Fsp3) is 0.400. The van der Waals surface area contributed by atoms with Crippen LogP contribution in [0.5, 0.6) is 17.2 Å². The molecule has 0 unspecified atom stereocenters. The Labute approximate surface area is 148 Å². The molecule has 0 spiro atoms. The molecule has 1 aliphatic heterocycles. The highest BCUT2D eigenvalue weighted by Crippen LogP contribution is 2.38. The molecule has 0 bridgehead atoms. The van der Waals surface area contributed by atoms with E-state index in [2.05, 4.69) is 4.90 Å². The molecule has 2 aromatic rings. The van der Waals surface area contributed by atoms with Crippen molar-refractivity contribution in [2.24, 2.45) is 0 Å². The Morgan fingerprint density at radius 2 is 1.72 bits per heavy atom. The first-order chi connectivity index (χ1) is 12.2. The van der Waals surface area contributed by atoms with Crippen molar-refractivity contribution in [2.45, 2.75) is 25.4 Å². The molecule has 2 aromatic carbocycles. The molecule has 1 saturated heterocycles. The van der Waals surface area contributed by atoms with Crippen LogP contribution in [0, 0.1) is 5.82 Å². The third-order valence-corrected chi connectivity index (χ3v) is 4.76. The molecular weight excluding hydrogens is 321 g/mol. The Morgan fingerprint density at radius 3 is 2.40 bits per heavy atom. The van der Waals surface area contributed by atoms with E-state index in [4.69, 9.17) is 14.2 Å². The highest BCUT2D eigenvalue weighted by Gasteiger charge is 2.27. The lowest BCUT2D eigenvalue weighted by atomic mass is 10.0. The summed E-state index contributed by atoms with van der Waals surface area (Å²) in [6.45, 7) is 1.68. The number of nitrogens with zero attached hydrogens (tertiary/aromatic N) is 1. The minimum absolute atomic E-state index is 0.187. The molecule has 3 rings (SSSR count). The van der Waals surface area contributed by atoms with Crippen LogP contribution < -0.4 is 14.2 Å². The molecule has 1 atom stereocenters. The Bertz CT molecular complexity index is 735. The van der Waals surface area contributed by atoms with Gasteiger partial charge in [0.15, 0.2) is 11.5 Å².